The van der Waals surface area contributed by atoms with Gasteiger partial charge in [-0.25, -0.2) is 12.8 Å². The summed E-state index contributed by atoms with van der Waals surface area (Å²) in [6.07, 6.45) is 2.93. The standard InChI is InChI=1S/C20H30FN3O3S.HI/c1-4-22-19(23-13-20(9-10-20)14-28(3,25)26)24-11-15(2)27-18(12-24)16-5-7-17(21)8-6-16;/h5-8,15,18H,4,9-14H2,1-3H3,(H,22,23);1H. The van der Waals surface area contributed by atoms with Crippen molar-refractivity contribution >= 4 is 39.8 Å². The summed E-state index contributed by atoms with van der Waals surface area (Å²) in [4.78, 5) is 6.94. The topological polar surface area (TPSA) is 71.0 Å². The van der Waals surface area contributed by atoms with Crippen molar-refractivity contribution in [1.82, 2.24) is 10.2 Å². The van der Waals surface area contributed by atoms with Crippen molar-refractivity contribution in [1.29, 1.82) is 0 Å². The molecule has 0 amide bonds. The fraction of sp³-hybridized carbons (Fsp3) is 0.650. The van der Waals surface area contributed by atoms with E-state index in [0.29, 0.717) is 19.6 Å². The number of sulfone groups is 1. The van der Waals surface area contributed by atoms with Gasteiger partial charge in [0.05, 0.1) is 18.4 Å². The first-order valence-electron chi connectivity index (χ1n) is 9.82. The number of nitrogens with zero attached hydrogens (tertiary/aromatic N) is 2. The monoisotopic (exact) mass is 539 g/mol. The van der Waals surface area contributed by atoms with Gasteiger partial charge in [0.2, 0.25) is 0 Å². The number of nitrogens with one attached hydrogen (secondary N) is 1. The normalized spacial score (nSPS) is 24.0. The number of hydrogen-bond acceptors (Lipinski definition) is 4. The zero-order valence-corrected chi connectivity index (χ0v) is 20.4. The number of rotatable bonds is 6. The van der Waals surface area contributed by atoms with Gasteiger partial charge in [-0.3, -0.25) is 4.99 Å². The average Bonchev–Trinajstić information content (AvgIpc) is 3.36. The third-order valence-corrected chi connectivity index (χ3v) is 6.36. The first-order chi connectivity index (χ1) is 13.2. The van der Waals surface area contributed by atoms with Crippen molar-refractivity contribution in [2.75, 3.05) is 38.2 Å². The Morgan fingerprint density at radius 3 is 2.52 bits per heavy atom. The van der Waals surface area contributed by atoms with Gasteiger partial charge in [0.15, 0.2) is 5.96 Å². The number of guanidine groups is 1. The highest BCUT2D eigenvalue weighted by Crippen LogP contribution is 2.47. The van der Waals surface area contributed by atoms with Crippen LogP contribution in [0.4, 0.5) is 4.39 Å². The molecule has 1 heterocycles. The van der Waals surface area contributed by atoms with Crippen LogP contribution in [-0.2, 0) is 14.6 Å². The third-order valence-electron chi connectivity index (χ3n) is 5.23. The number of hydrogen-bond donors (Lipinski definition) is 1. The lowest BCUT2D eigenvalue weighted by atomic mass is 10.1. The summed E-state index contributed by atoms with van der Waals surface area (Å²) >= 11 is 0. The average molecular weight is 539 g/mol. The highest BCUT2D eigenvalue weighted by Gasteiger charge is 2.45. The molecular formula is C20H31FIN3O3S. The summed E-state index contributed by atoms with van der Waals surface area (Å²) in [5, 5.41) is 3.33. The van der Waals surface area contributed by atoms with E-state index in [1.807, 2.05) is 13.8 Å². The Kier molecular flexibility index (Phi) is 8.32. The van der Waals surface area contributed by atoms with Crippen LogP contribution < -0.4 is 5.32 Å². The lowest BCUT2D eigenvalue weighted by molar-refractivity contribution is -0.0605. The predicted octanol–water partition coefficient (Wildman–Crippen LogP) is 3.00. The maximum atomic E-state index is 13.2. The molecule has 2 unspecified atom stereocenters. The lowest BCUT2D eigenvalue weighted by Gasteiger charge is -2.39. The van der Waals surface area contributed by atoms with E-state index in [0.717, 1.165) is 30.9 Å². The maximum Gasteiger partial charge on any atom is 0.194 e. The minimum absolute atomic E-state index is 0. The molecule has 1 N–H and O–H groups in total. The van der Waals surface area contributed by atoms with Gasteiger partial charge in [0.25, 0.3) is 0 Å². The highest BCUT2D eigenvalue weighted by atomic mass is 127. The molecule has 3 rings (SSSR count). The molecule has 1 aromatic carbocycles. The minimum Gasteiger partial charge on any atom is -0.367 e. The van der Waals surface area contributed by atoms with Crippen LogP contribution in [0.15, 0.2) is 29.3 Å². The van der Waals surface area contributed by atoms with Gasteiger partial charge in [-0.05, 0) is 44.4 Å². The van der Waals surface area contributed by atoms with E-state index < -0.39 is 9.84 Å². The van der Waals surface area contributed by atoms with E-state index in [1.54, 1.807) is 12.1 Å². The minimum atomic E-state index is -3.02. The second-order valence-electron chi connectivity index (χ2n) is 8.13. The summed E-state index contributed by atoms with van der Waals surface area (Å²) in [5.41, 5.74) is 0.729. The number of benzene rings is 1. The molecule has 1 saturated heterocycles. The second-order valence-corrected chi connectivity index (χ2v) is 10.3. The Morgan fingerprint density at radius 1 is 1.31 bits per heavy atom. The van der Waals surface area contributed by atoms with Gasteiger partial charge in [-0.2, -0.15) is 0 Å². The zero-order chi connectivity index (χ0) is 20.4. The molecule has 0 bridgehead atoms. The van der Waals surface area contributed by atoms with E-state index >= 15 is 0 Å². The van der Waals surface area contributed by atoms with Crippen LogP contribution in [0.25, 0.3) is 0 Å². The van der Waals surface area contributed by atoms with Crippen molar-refractivity contribution in [3.63, 3.8) is 0 Å². The summed E-state index contributed by atoms with van der Waals surface area (Å²) in [7, 11) is -3.02. The van der Waals surface area contributed by atoms with Gasteiger partial charge in [0, 0.05) is 31.3 Å². The molecule has 2 aliphatic rings. The van der Waals surface area contributed by atoms with E-state index in [-0.39, 0.29) is 53.2 Å². The first-order valence-corrected chi connectivity index (χ1v) is 11.9. The van der Waals surface area contributed by atoms with Gasteiger partial charge < -0.3 is 15.0 Å². The molecular weight excluding hydrogens is 508 g/mol. The molecule has 9 heteroatoms. The molecule has 6 nitrogen and oxygen atoms in total. The molecule has 0 radical (unpaired) electrons. The van der Waals surface area contributed by atoms with Gasteiger partial charge in [-0.1, -0.05) is 12.1 Å². The number of halogens is 2. The van der Waals surface area contributed by atoms with Crippen molar-refractivity contribution in [2.45, 2.75) is 38.9 Å². The SMILES string of the molecule is CCNC(=NCC1(CS(C)(=O)=O)CC1)N1CC(C)OC(c2ccc(F)cc2)C1.I. The smallest absolute Gasteiger partial charge is 0.194 e. The summed E-state index contributed by atoms with van der Waals surface area (Å²) < 4.78 is 42.7. The first kappa shape index (κ1) is 24.3. The predicted molar refractivity (Wildman–Crippen MR) is 124 cm³/mol. The van der Waals surface area contributed by atoms with E-state index in [9.17, 15) is 12.8 Å². The Morgan fingerprint density at radius 2 is 1.97 bits per heavy atom. The summed E-state index contributed by atoms with van der Waals surface area (Å²) in [5.74, 6) is 0.713. The van der Waals surface area contributed by atoms with Crippen LogP contribution in [0.1, 0.15) is 38.4 Å². The summed E-state index contributed by atoms with van der Waals surface area (Å²) in [6.45, 7) is 6.57. The molecule has 2 atom stereocenters. The van der Waals surface area contributed by atoms with Crippen LogP contribution in [0.5, 0.6) is 0 Å². The lowest BCUT2D eigenvalue weighted by Crippen LogP contribution is -2.51. The van der Waals surface area contributed by atoms with E-state index in [4.69, 9.17) is 9.73 Å². The van der Waals surface area contributed by atoms with Crippen LogP contribution >= 0.6 is 24.0 Å². The quantitative estimate of drug-likeness (QED) is 0.342. The van der Waals surface area contributed by atoms with Gasteiger partial charge in [0.1, 0.15) is 21.8 Å². The number of morpholine rings is 1. The van der Waals surface area contributed by atoms with Crippen molar-refractivity contribution < 1.29 is 17.5 Å². The number of ether oxygens (including phenoxy) is 1. The molecule has 29 heavy (non-hydrogen) atoms. The van der Waals surface area contributed by atoms with Crippen molar-refractivity contribution in [3.05, 3.63) is 35.6 Å². The molecule has 1 aromatic rings. The van der Waals surface area contributed by atoms with Crippen molar-refractivity contribution in [3.8, 4) is 0 Å². The Labute approximate surface area is 190 Å². The Bertz CT molecular complexity index is 813. The van der Waals surface area contributed by atoms with Gasteiger partial charge >= 0.3 is 0 Å². The van der Waals surface area contributed by atoms with Crippen molar-refractivity contribution in [2.24, 2.45) is 10.4 Å². The fourth-order valence-electron chi connectivity index (χ4n) is 3.74. The summed E-state index contributed by atoms with van der Waals surface area (Å²) in [6, 6.07) is 6.41. The molecule has 164 valence electrons. The van der Waals surface area contributed by atoms with Crippen LogP contribution in [0.2, 0.25) is 0 Å². The van der Waals surface area contributed by atoms with Crippen LogP contribution in [0.3, 0.4) is 0 Å². The van der Waals surface area contributed by atoms with Crippen LogP contribution in [-0.4, -0.2) is 63.6 Å². The largest absolute Gasteiger partial charge is 0.367 e. The number of aliphatic imine (C=N–C) groups is 1. The molecule has 1 aliphatic carbocycles. The molecule has 2 fully saturated rings. The van der Waals surface area contributed by atoms with E-state index in [1.165, 1.54) is 18.4 Å². The third kappa shape index (κ3) is 7.06. The van der Waals surface area contributed by atoms with Gasteiger partial charge in [-0.15, -0.1) is 24.0 Å². The molecule has 0 aromatic heterocycles. The Hall–Kier alpha value is -0.940. The molecule has 1 aliphatic heterocycles. The van der Waals surface area contributed by atoms with Crippen LogP contribution in [0, 0.1) is 11.2 Å². The highest BCUT2D eigenvalue weighted by molar-refractivity contribution is 14.0. The molecule has 1 saturated carbocycles. The fourth-order valence-corrected chi connectivity index (χ4v) is 5.23. The van der Waals surface area contributed by atoms with E-state index in [2.05, 4.69) is 10.2 Å². The second kappa shape index (κ2) is 9.91. The maximum absolute atomic E-state index is 13.2. The Balaban J connectivity index is 0.00000300. The zero-order valence-electron chi connectivity index (χ0n) is 17.2. The molecule has 0 spiro atoms.